The van der Waals surface area contributed by atoms with Crippen LogP contribution in [0.1, 0.15) is 0 Å². The maximum atomic E-state index is 6.13. The second kappa shape index (κ2) is 4.81. The summed E-state index contributed by atoms with van der Waals surface area (Å²) in [6.45, 7) is 0. The van der Waals surface area contributed by atoms with Crippen LogP contribution in [0.15, 0.2) is 45.3 Å². The van der Waals surface area contributed by atoms with Gasteiger partial charge in [-0.15, -0.1) is 0 Å². The van der Waals surface area contributed by atoms with Gasteiger partial charge in [0.2, 0.25) is 5.95 Å². The van der Waals surface area contributed by atoms with Crippen molar-refractivity contribution in [2.45, 2.75) is 0 Å². The lowest BCUT2D eigenvalue weighted by molar-refractivity contribution is 1.11. The second-order valence-corrected chi connectivity index (χ2v) is 6.21. The number of rotatable bonds is 1. The fourth-order valence-electron chi connectivity index (χ4n) is 1.96. The van der Waals surface area contributed by atoms with Crippen LogP contribution < -0.4 is 5.73 Å². The number of fused-ring (bicyclic) bond motifs is 1. The van der Waals surface area contributed by atoms with E-state index in [1.165, 1.54) is 0 Å². The van der Waals surface area contributed by atoms with Crippen molar-refractivity contribution < 1.29 is 0 Å². The van der Waals surface area contributed by atoms with E-state index >= 15 is 0 Å². The van der Waals surface area contributed by atoms with Crippen molar-refractivity contribution in [3.05, 3.63) is 50.4 Å². The molecule has 1 aromatic heterocycles. The summed E-state index contributed by atoms with van der Waals surface area (Å²) in [5.41, 5.74) is 8.67. The van der Waals surface area contributed by atoms with Crippen molar-refractivity contribution in [2.24, 2.45) is 0 Å². The number of nitrogens with two attached hydrogens (primary N) is 1. The van der Waals surface area contributed by atoms with Crippen LogP contribution in [-0.4, -0.2) is 9.55 Å². The lowest BCUT2D eigenvalue weighted by Gasteiger charge is -2.08. The van der Waals surface area contributed by atoms with Crippen LogP contribution in [0.25, 0.3) is 16.7 Å². The van der Waals surface area contributed by atoms with Crippen LogP contribution in [0.4, 0.5) is 5.95 Å². The van der Waals surface area contributed by atoms with Crippen LogP contribution in [0.5, 0.6) is 0 Å². The van der Waals surface area contributed by atoms with E-state index in [9.17, 15) is 0 Å². The van der Waals surface area contributed by atoms with Gasteiger partial charge in [-0.05, 0) is 52.3 Å². The van der Waals surface area contributed by atoms with Crippen LogP contribution in [0.3, 0.4) is 0 Å². The van der Waals surface area contributed by atoms with E-state index in [0.717, 1.165) is 25.7 Å². The minimum atomic E-state index is 0.437. The summed E-state index contributed by atoms with van der Waals surface area (Å²) in [6, 6.07) is 11.5. The number of hydrogen-bond acceptors (Lipinski definition) is 2. The Hall–Kier alpha value is -1.04. The Morgan fingerprint density at radius 2 is 1.89 bits per heavy atom. The third kappa shape index (κ3) is 2.26. The molecule has 0 aliphatic carbocycles. The number of nitrogens with zero attached hydrogens (tertiary/aromatic N) is 2. The van der Waals surface area contributed by atoms with Gasteiger partial charge < -0.3 is 5.73 Å². The Bertz CT molecular complexity index is 783. The number of anilines is 1. The van der Waals surface area contributed by atoms with Gasteiger partial charge in [-0.2, -0.15) is 0 Å². The Kier molecular flexibility index (Phi) is 3.28. The maximum Gasteiger partial charge on any atom is 0.205 e. The summed E-state index contributed by atoms with van der Waals surface area (Å²) in [7, 11) is 0. The van der Waals surface area contributed by atoms with Gasteiger partial charge in [0.25, 0.3) is 0 Å². The molecule has 2 N–H and O–H groups in total. The topological polar surface area (TPSA) is 43.8 Å². The van der Waals surface area contributed by atoms with Gasteiger partial charge in [-0.3, -0.25) is 4.57 Å². The summed E-state index contributed by atoms with van der Waals surface area (Å²) < 4.78 is 3.70. The molecule has 2 aromatic carbocycles. The normalized spacial score (nSPS) is 11.1. The summed E-state index contributed by atoms with van der Waals surface area (Å²) in [5.74, 6) is 0.437. The van der Waals surface area contributed by atoms with Crippen molar-refractivity contribution >= 4 is 60.4 Å². The van der Waals surface area contributed by atoms with E-state index in [2.05, 4.69) is 36.8 Å². The molecular weight excluding hydrogens is 393 g/mol. The Morgan fingerprint density at radius 1 is 1.11 bits per heavy atom. The summed E-state index contributed by atoms with van der Waals surface area (Å²) >= 11 is 13.0. The molecule has 0 spiro atoms. The molecule has 0 saturated heterocycles. The zero-order chi connectivity index (χ0) is 13.6. The first-order valence-corrected chi connectivity index (χ1v) is 7.41. The van der Waals surface area contributed by atoms with Crippen LogP contribution in [0.2, 0.25) is 5.02 Å². The Labute approximate surface area is 131 Å². The first-order chi connectivity index (χ1) is 9.06. The van der Waals surface area contributed by atoms with Crippen molar-refractivity contribution in [1.29, 1.82) is 0 Å². The van der Waals surface area contributed by atoms with E-state index in [0.29, 0.717) is 11.0 Å². The Morgan fingerprint density at radius 3 is 2.63 bits per heavy atom. The first kappa shape index (κ1) is 13.0. The summed E-state index contributed by atoms with van der Waals surface area (Å²) in [5, 5.41) is 0.633. The third-order valence-electron chi connectivity index (χ3n) is 2.80. The van der Waals surface area contributed by atoms with E-state index in [1.807, 2.05) is 41.0 Å². The predicted octanol–water partition coefficient (Wildman–Crippen LogP) is 4.79. The van der Waals surface area contributed by atoms with Gasteiger partial charge in [0.05, 0.1) is 21.7 Å². The van der Waals surface area contributed by atoms with Crippen LogP contribution in [-0.2, 0) is 0 Å². The minimum absolute atomic E-state index is 0.437. The van der Waals surface area contributed by atoms with E-state index in [-0.39, 0.29) is 0 Å². The zero-order valence-corrected chi connectivity index (χ0v) is 13.5. The monoisotopic (exact) mass is 399 g/mol. The molecule has 19 heavy (non-hydrogen) atoms. The summed E-state index contributed by atoms with van der Waals surface area (Å²) in [6.07, 6.45) is 0. The molecule has 0 radical (unpaired) electrons. The van der Waals surface area contributed by atoms with Gasteiger partial charge in [-0.1, -0.05) is 27.5 Å². The molecule has 0 fully saturated rings. The maximum absolute atomic E-state index is 6.13. The minimum Gasteiger partial charge on any atom is -0.369 e. The van der Waals surface area contributed by atoms with Crippen LogP contribution >= 0.6 is 43.5 Å². The SMILES string of the molecule is Nc1nc2ccc(Br)cc2n1-c1ccc(Br)c(Cl)c1. The molecule has 0 saturated carbocycles. The fraction of sp³-hybridized carbons (Fsp3) is 0. The molecule has 0 bridgehead atoms. The van der Waals surface area contributed by atoms with E-state index in [4.69, 9.17) is 17.3 Å². The molecule has 3 rings (SSSR count). The molecule has 96 valence electrons. The van der Waals surface area contributed by atoms with Gasteiger partial charge >= 0.3 is 0 Å². The van der Waals surface area contributed by atoms with Crippen molar-refractivity contribution in [2.75, 3.05) is 5.73 Å². The fourth-order valence-corrected chi connectivity index (χ4v) is 2.73. The van der Waals surface area contributed by atoms with Crippen molar-refractivity contribution in [3.8, 4) is 5.69 Å². The molecule has 0 unspecified atom stereocenters. The molecular formula is C13H8Br2ClN3. The van der Waals surface area contributed by atoms with E-state index < -0.39 is 0 Å². The molecule has 6 heteroatoms. The number of nitrogen functional groups attached to an aromatic ring is 1. The lowest BCUT2D eigenvalue weighted by Crippen LogP contribution is -2.00. The first-order valence-electron chi connectivity index (χ1n) is 5.45. The molecule has 3 nitrogen and oxygen atoms in total. The molecule has 3 aromatic rings. The number of imidazole rings is 1. The van der Waals surface area contributed by atoms with Crippen LogP contribution in [0, 0.1) is 0 Å². The number of benzene rings is 2. The smallest absolute Gasteiger partial charge is 0.205 e. The zero-order valence-electron chi connectivity index (χ0n) is 9.57. The molecule has 0 atom stereocenters. The third-order valence-corrected chi connectivity index (χ3v) is 4.53. The van der Waals surface area contributed by atoms with Gasteiger partial charge in [0, 0.05) is 8.95 Å². The van der Waals surface area contributed by atoms with Gasteiger partial charge in [0.15, 0.2) is 0 Å². The lowest BCUT2D eigenvalue weighted by atomic mass is 10.3. The highest BCUT2D eigenvalue weighted by Crippen LogP contribution is 2.29. The Balaban J connectivity index is 2.31. The summed E-state index contributed by atoms with van der Waals surface area (Å²) in [4.78, 5) is 4.35. The van der Waals surface area contributed by atoms with Gasteiger partial charge in [-0.25, -0.2) is 4.98 Å². The average Bonchev–Trinajstić information content (AvgIpc) is 2.68. The number of hydrogen-bond donors (Lipinski definition) is 1. The molecule has 0 amide bonds. The standard InChI is InChI=1S/C13H8Br2ClN3/c14-7-1-4-11-12(5-7)19(13(17)18-11)8-2-3-9(15)10(16)6-8/h1-6H,(H2,17,18). The number of aromatic nitrogens is 2. The average molecular weight is 401 g/mol. The highest BCUT2D eigenvalue weighted by molar-refractivity contribution is 9.10. The van der Waals surface area contributed by atoms with Crippen molar-refractivity contribution in [1.82, 2.24) is 9.55 Å². The quantitative estimate of drug-likeness (QED) is 0.637. The highest BCUT2D eigenvalue weighted by atomic mass is 79.9. The predicted molar refractivity (Wildman–Crippen MR) is 85.9 cm³/mol. The molecule has 0 aliphatic heterocycles. The van der Waals surface area contributed by atoms with E-state index in [1.54, 1.807) is 0 Å². The molecule has 1 heterocycles. The van der Waals surface area contributed by atoms with Gasteiger partial charge in [0.1, 0.15) is 0 Å². The molecule has 0 aliphatic rings. The number of halogens is 3. The largest absolute Gasteiger partial charge is 0.369 e. The second-order valence-electron chi connectivity index (χ2n) is 4.04. The highest BCUT2D eigenvalue weighted by Gasteiger charge is 2.11. The van der Waals surface area contributed by atoms with Crippen molar-refractivity contribution in [3.63, 3.8) is 0 Å².